The standard InChI is InChI=1S/C12H16N2.C7H6FNO/c1-9-8-11(14(2)12(9)13)10-6-4-3-5-7-10;8-6-1-3-7(4-2-6)9-5-10/h3-7,9,11,13H,8H2,1-2H3;1-5H,(H,9,10). The summed E-state index contributed by atoms with van der Waals surface area (Å²) in [6, 6.07) is 16.4. The van der Waals surface area contributed by atoms with Crippen molar-refractivity contribution in [3.63, 3.8) is 0 Å². The van der Waals surface area contributed by atoms with E-state index < -0.39 is 0 Å². The lowest BCUT2D eigenvalue weighted by Gasteiger charge is -2.21. The Hall–Kier alpha value is -2.69. The topological polar surface area (TPSA) is 56.2 Å². The van der Waals surface area contributed by atoms with Gasteiger partial charge in [-0.25, -0.2) is 4.39 Å². The first-order chi connectivity index (χ1) is 11.5. The fraction of sp³-hybridized carbons (Fsp3) is 0.263. The zero-order valence-corrected chi connectivity index (χ0v) is 13.9. The molecule has 0 saturated carbocycles. The summed E-state index contributed by atoms with van der Waals surface area (Å²) in [5, 5.41) is 10.3. The summed E-state index contributed by atoms with van der Waals surface area (Å²) in [5.41, 5.74) is 1.92. The van der Waals surface area contributed by atoms with Gasteiger partial charge in [0, 0.05) is 18.7 Å². The van der Waals surface area contributed by atoms with E-state index in [-0.39, 0.29) is 5.82 Å². The minimum Gasteiger partial charge on any atom is -0.356 e. The maximum absolute atomic E-state index is 12.2. The highest BCUT2D eigenvalue weighted by atomic mass is 19.1. The third-order valence-electron chi connectivity index (χ3n) is 4.15. The van der Waals surface area contributed by atoms with Crippen LogP contribution in [0.1, 0.15) is 24.9 Å². The Morgan fingerprint density at radius 1 is 1.17 bits per heavy atom. The Labute approximate surface area is 141 Å². The third kappa shape index (κ3) is 4.41. The van der Waals surface area contributed by atoms with E-state index in [0.29, 0.717) is 24.1 Å². The van der Waals surface area contributed by atoms with Gasteiger partial charge in [-0.3, -0.25) is 10.2 Å². The lowest BCUT2D eigenvalue weighted by atomic mass is 10.0. The van der Waals surface area contributed by atoms with Crippen LogP contribution < -0.4 is 5.32 Å². The molecule has 0 spiro atoms. The van der Waals surface area contributed by atoms with Gasteiger partial charge in [0.15, 0.2) is 0 Å². The highest BCUT2D eigenvalue weighted by Crippen LogP contribution is 2.34. The van der Waals surface area contributed by atoms with Gasteiger partial charge in [-0.2, -0.15) is 0 Å². The first-order valence-electron chi connectivity index (χ1n) is 7.85. The lowest BCUT2D eigenvalue weighted by molar-refractivity contribution is -0.105. The van der Waals surface area contributed by atoms with E-state index in [1.54, 1.807) is 0 Å². The molecule has 2 aromatic carbocycles. The average molecular weight is 327 g/mol. The number of benzene rings is 2. The van der Waals surface area contributed by atoms with E-state index in [1.807, 2.05) is 13.1 Å². The molecule has 0 radical (unpaired) electrons. The van der Waals surface area contributed by atoms with Gasteiger partial charge in [-0.05, 0) is 36.2 Å². The van der Waals surface area contributed by atoms with Gasteiger partial charge >= 0.3 is 0 Å². The van der Waals surface area contributed by atoms with Crippen LogP contribution in [0.4, 0.5) is 10.1 Å². The molecular formula is C19H22FN3O. The summed E-state index contributed by atoms with van der Waals surface area (Å²) in [7, 11) is 2.02. The van der Waals surface area contributed by atoms with Crippen LogP contribution in [0, 0.1) is 17.1 Å². The van der Waals surface area contributed by atoms with Crippen molar-refractivity contribution < 1.29 is 9.18 Å². The second-order valence-electron chi connectivity index (χ2n) is 5.83. The van der Waals surface area contributed by atoms with Crippen LogP contribution >= 0.6 is 0 Å². The Kier molecular flexibility index (Phi) is 6.07. The van der Waals surface area contributed by atoms with Crippen LogP contribution in [0.3, 0.4) is 0 Å². The van der Waals surface area contributed by atoms with Crippen molar-refractivity contribution in [3.05, 3.63) is 66.0 Å². The SMILES string of the molecule is CC1CC(c2ccccc2)N(C)C1=N.O=CNc1ccc(F)cc1. The van der Waals surface area contributed by atoms with Crippen molar-refractivity contribution >= 4 is 17.9 Å². The normalized spacial score (nSPS) is 19.5. The first kappa shape index (κ1) is 17.7. The molecule has 1 amide bonds. The quantitative estimate of drug-likeness (QED) is 0.835. The molecular weight excluding hydrogens is 305 g/mol. The molecule has 5 heteroatoms. The summed E-state index contributed by atoms with van der Waals surface area (Å²) >= 11 is 0. The van der Waals surface area contributed by atoms with E-state index in [0.717, 1.165) is 12.3 Å². The summed E-state index contributed by atoms with van der Waals surface area (Å²) in [6.45, 7) is 2.13. The second kappa shape index (κ2) is 8.24. The van der Waals surface area contributed by atoms with Gasteiger partial charge in [-0.15, -0.1) is 0 Å². The predicted octanol–water partition coefficient (Wildman–Crippen LogP) is 4.07. The van der Waals surface area contributed by atoms with Crippen LogP contribution in [0.2, 0.25) is 0 Å². The number of halogens is 1. The Morgan fingerprint density at radius 3 is 2.29 bits per heavy atom. The van der Waals surface area contributed by atoms with Crippen molar-refractivity contribution in [2.75, 3.05) is 12.4 Å². The molecule has 0 aliphatic carbocycles. The van der Waals surface area contributed by atoms with Gasteiger partial charge in [0.25, 0.3) is 0 Å². The largest absolute Gasteiger partial charge is 0.356 e. The molecule has 3 rings (SSSR count). The maximum Gasteiger partial charge on any atom is 0.211 e. The third-order valence-corrected chi connectivity index (χ3v) is 4.15. The molecule has 2 aromatic rings. The molecule has 0 aromatic heterocycles. The van der Waals surface area contributed by atoms with Crippen LogP contribution in [0.25, 0.3) is 0 Å². The van der Waals surface area contributed by atoms with E-state index >= 15 is 0 Å². The number of hydrogen-bond donors (Lipinski definition) is 2. The van der Waals surface area contributed by atoms with Crippen LogP contribution in [-0.4, -0.2) is 24.2 Å². The highest BCUT2D eigenvalue weighted by Gasteiger charge is 2.31. The second-order valence-corrected chi connectivity index (χ2v) is 5.83. The van der Waals surface area contributed by atoms with Crippen molar-refractivity contribution in [3.8, 4) is 0 Å². The molecule has 2 atom stereocenters. The molecule has 1 aliphatic rings. The molecule has 1 fully saturated rings. The molecule has 1 saturated heterocycles. The highest BCUT2D eigenvalue weighted by molar-refractivity contribution is 5.83. The van der Waals surface area contributed by atoms with Gasteiger partial charge in [0.1, 0.15) is 5.82 Å². The first-order valence-corrected chi connectivity index (χ1v) is 7.85. The zero-order chi connectivity index (χ0) is 17.5. The summed E-state index contributed by atoms with van der Waals surface area (Å²) in [4.78, 5) is 11.9. The zero-order valence-electron chi connectivity index (χ0n) is 13.9. The summed E-state index contributed by atoms with van der Waals surface area (Å²) < 4.78 is 12.2. The Morgan fingerprint density at radius 2 is 1.79 bits per heavy atom. The fourth-order valence-corrected chi connectivity index (χ4v) is 2.77. The monoisotopic (exact) mass is 327 g/mol. The van der Waals surface area contributed by atoms with E-state index in [2.05, 4.69) is 41.4 Å². The summed E-state index contributed by atoms with van der Waals surface area (Å²) in [5.74, 6) is 0.848. The average Bonchev–Trinajstić information content (AvgIpc) is 2.86. The predicted molar refractivity (Wildman–Crippen MR) is 94.5 cm³/mol. The Bertz CT molecular complexity index is 673. The molecule has 126 valence electrons. The van der Waals surface area contributed by atoms with Gasteiger partial charge in [0.05, 0.1) is 11.9 Å². The number of amides is 1. The number of rotatable bonds is 3. The number of hydrogen-bond acceptors (Lipinski definition) is 2. The number of amidine groups is 1. The minimum absolute atomic E-state index is 0.309. The van der Waals surface area contributed by atoms with E-state index in [9.17, 15) is 9.18 Å². The van der Waals surface area contributed by atoms with Crippen molar-refractivity contribution in [2.45, 2.75) is 19.4 Å². The molecule has 24 heavy (non-hydrogen) atoms. The van der Waals surface area contributed by atoms with Crippen molar-refractivity contribution in [2.24, 2.45) is 5.92 Å². The summed E-state index contributed by atoms with van der Waals surface area (Å²) in [6.07, 6.45) is 1.62. The fourth-order valence-electron chi connectivity index (χ4n) is 2.77. The van der Waals surface area contributed by atoms with E-state index in [4.69, 9.17) is 5.41 Å². The molecule has 2 unspecified atom stereocenters. The number of carbonyl (C=O) groups excluding carboxylic acids is 1. The molecule has 0 bridgehead atoms. The Balaban J connectivity index is 0.000000185. The van der Waals surface area contributed by atoms with Gasteiger partial charge in [0.2, 0.25) is 6.41 Å². The molecule has 1 aliphatic heterocycles. The van der Waals surface area contributed by atoms with Crippen LogP contribution in [0.15, 0.2) is 54.6 Å². The van der Waals surface area contributed by atoms with Gasteiger partial charge < -0.3 is 10.2 Å². The van der Waals surface area contributed by atoms with Crippen molar-refractivity contribution in [1.29, 1.82) is 5.41 Å². The molecule has 4 nitrogen and oxygen atoms in total. The lowest BCUT2D eigenvalue weighted by Crippen LogP contribution is -2.23. The number of nitrogens with one attached hydrogen (secondary N) is 2. The van der Waals surface area contributed by atoms with E-state index in [1.165, 1.54) is 29.8 Å². The number of likely N-dealkylation sites (tertiary alicyclic amines) is 1. The van der Waals surface area contributed by atoms with Crippen LogP contribution in [0.5, 0.6) is 0 Å². The van der Waals surface area contributed by atoms with Crippen molar-refractivity contribution in [1.82, 2.24) is 4.90 Å². The maximum atomic E-state index is 12.2. The minimum atomic E-state index is -0.309. The number of carbonyl (C=O) groups is 1. The smallest absolute Gasteiger partial charge is 0.211 e. The molecule has 2 N–H and O–H groups in total. The van der Waals surface area contributed by atoms with Gasteiger partial charge in [-0.1, -0.05) is 37.3 Å². The number of nitrogens with zero attached hydrogens (tertiary/aromatic N) is 1. The molecule has 1 heterocycles. The number of anilines is 1. The van der Waals surface area contributed by atoms with Crippen LogP contribution in [-0.2, 0) is 4.79 Å².